The molecule has 0 heterocycles. The number of carbonyl (C=O) groups is 1. The molecular formula is C27H37FO2. The molecule has 30 heavy (non-hydrogen) atoms. The number of carbonyl (C=O) groups excluding carboxylic acids is 1. The Labute approximate surface area is 181 Å². The van der Waals surface area contributed by atoms with E-state index in [1.807, 2.05) is 19.9 Å². The van der Waals surface area contributed by atoms with Crippen LogP contribution in [0.15, 0.2) is 42.5 Å². The van der Waals surface area contributed by atoms with Crippen molar-refractivity contribution in [2.45, 2.75) is 85.2 Å². The Bertz CT molecular complexity index is 782. The molecule has 2 unspecified atom stereocenters. The average molecular weight is 413 g/mol. The summed E-state index contributed by atoms with van der Waals surface area (Å²) < 4.78 is 20.1. The molecule has 2 nitrogen and oxygen atoms in total. The van der Waals surface area contributed by atoms with E-state index < -0.39 is 6.10 Å². The fraction of sp³-hybridized carbons (Fsp3) is 0.519. The maximum Gasteiger partial charge on any atom is 0.309 e. The van der Waals surface area contributed by atoms with E-state index in [1.54, 1.807) is 13.0 Å². The number of hydrogen-bond donors (Lipinski definition) is 0. The van der Waals surface area contributed by atoms with E-state index >= 15 is 0 Å². The molecule has 0 spiro atoms. The predicted molar refractivity (Wildman–Crippen MR) is 123 cm³/mol. The molecule has 0 amide bonds. The summed E-state index contributed by atoms with van der Waals surface area (Å²) in [6.07, 6.45) is 9.00. The Morgan fingerprint density at radius 2 is 1.53 bits per heavy atom. The molecule has 2 aromatic rings. The molecule has 0 fully saturated rings. The van der Waals surface area contributed by atoms with Crippen molar-refractivity contribution in [1.82, 2.24) is 0 Å². The lowest BCUT2D eigenvalue weighted by atomic mass is 9.99. The highest BCUT2D eigenvalue weighted by molar-refractivity contribution is 5.72. The molecule has 0 N–H and O–H groups in total. The van der Waals surface area contributed by atoms with Gasteiger partial charge >= 0.3 is 5.97 Å². The van der Waals surface area contributed by atoms with Gasteiger partial charge in [-0.2, -0.15) is 0 Å². The minimum atomic E-state index is -0.597. The Morgan fingerprint density at radius 3 is 2.17 bits per heavy atom. The lowest BCUT2D eigenvalue weighted by molar-refractivity contribution is -0.153. The van der Waals surface area contributed by atoms with E-state index in [0.29, 0.717) is 12.0 Å². The first-order chi connectivity index (χ1) is 14.5. The second kappa shape index (κ2) is 12.5. The minimum absolute atomic E-state index is 0.176. The summed E-state index contributed by atoms with van der Waals surface area (Å²) >= 11 is 0. The fourth-order valence-electron chi connectivity index (χ4n) is 3.53. The Morgan fingerprint density at radius 1 is 0.900 bits per heavy atom. The van der Waals surface area contributed by atoms with E-state index in [2.05, 4.69) is 31.2 Å². The third kappa shape index (κ3) is 7.27. The number of benzene rings is 2. The van der Waals surface area contributed by atoms with E-state index in [-0.39, 0.29) is 17.7 Å². The number of halogens is 1. The molecule has 0 aliphatic rings. The van der Waals surface area contributed by atoms with Crippen LogP contribution in [-0.4, -0.2) is 5.97 Å². The monoisotopic (exact) mass is 412 g/mol. The topological polar surface area (TPSA) is 26.3 Å². The maximum atomic E-state index is 14.7. The van der Waals surface area contributed by atoms with Crippen LogP contribution in [0.2, 0.25) is 0 Å². The van der Waals surface area contributed by atoms with Crippen molar-refractivity contribution < 1.29 is 13.9 Å². The number of rotatable bonds is 12. The van der Waals surface area contributed by atoms with Crippen molar-refractivity contribution >= 4 is 5.97 Å². The highest BCUT2D eigenvalue weighted by Crippen LogP contribution is 2.27. The molecule has 2 atom stereocenters. The fourth-order valence-corrected chi connectivity index (χ4v) is 3.53. The third-order valence-corrected chi connectivity index (χ3v) is 5.85. The molecule has 0 aromatic heterocycles. The summed E-state index contributed by atoms with van der Waals surface area (Å²) in [6, 6.07) is 13.6. The Balaban J connectivity index is 1.95. The molecule has 2 rings (SSSR count). The van der Waals surface area contributed by atoms with Gasteiger partial charge in [-0.3, -0.25) is 4.79 Å². The number of hydrogen-bond acceptors (Lipinski definition) is 2. The van der Waals surface area contributed by atoms with Crippen LogP contribution in [0.1, 0.15) is 89.9 Å². The third-order valence-electron chi connectivity index (χ3n) is 5.85. The SMILES string of the molecule is CCCCCCCCc1ccc(-c2ccc(C(C)OC(=O)C(C)CC)c(F)c2)cc1. The summed E-state index contributed by atoms with van der Waals surface area (Å²) in [5.74, 6) is -0.799. The van der Waals surface area contributed by atoms with Crippen LogP contribution in [0.3, 0.4) is 0 Å². The normalized spacial score (nSPS) is 13.1. The zero-order valence-electron chi connectivity index (χ0n) is 19.0. The van der Waals surface area contributed by atoms with Gasteiger partial charge in [-0.25, -0.2) is 4.39 Å². The van der Waals surface area contributed by atoms with E-state index in [4.69, 9.17) is 4.74 Å². The summed E-state index contributed by atoms with van der Waals surface area (Å²) in [6.45, 7) is 7.72. The Hall–Kier alpha value is -2.16. The minimum Gasteiger partial charge on any atom is -0.457 e. The summed E-state index contributed by atoms with van der Waals surface area (Å²) in [4.78, 5) is 12.0. The van der Waals surface area contributed by atoms with Gasteiger partial charge in [0.25, 0.3) is 0 Å². The highest BCUT2D eigenvalue weighted by atomic mass is 19.1. The van der Waals surface area contributed by atoms with Gasteiger partial charge in [0, 0.05) is 5.56 Å². The molecule has 0 bridgehead atoms. The number of aryl methyl sites for hydroxylation is 1. The Kier molecular flexibility index (Phi) is 10.1. The number of unbranched alkanes of at least 4 members (excludes halogenated alkanes) is 5. The van der Waals surface area contributed by atoms with Crippen LogP contribution in [0.25, 0.3) is 11.1 Å². The molecule has 0 aliphatic heterocycles. The maximum absolute atomic E-state index is 14.7. The van der Waals surface area contributed by atoms with Gasteiger partial charge in [0.15, 0.2) is 0 Å². The zero-order valence-corrected chi connectivity index (χ0v) is 19.0. The van der Waals surface area contributed by atoms with Crippen molar-refractivity contribution in [2.75, 3.05) is 0 Å². The van der Waals surface area contributed by atoms with E-state index in [1.165, 1.54) is 50.2 Å². The van der Waals surface area contributed by atoms with Crippen LogP contribution >= 0.6 is 0 Å². The molecule has 3 heteroatoms. The van der Waals surface area contributed by atoms with Gasteiger partial charge < -0.3 is 4.74 Å². The van der Waals surface area contributed by atoms with Crippen molar-refractivity contribution in [2.24, 2.45) is 5.92 Å². The van der Waals surface area contributed by atoms with Gasteiger partial charge in [0.2, 0.25) is 0 Å². The largest absolute Gasteiger partial charge is 0.457 e. The van der Waals surface area contributed by atoms with Gasteiger partial charge in [0.05, 0.1) is 5.92 Å². The number of ether oxygens (including phenoxy) is 1. The summed E-state index contributed by atoms with van der Waals surface area (Å²) in [5, 5.41) is 0. The molecule has 0 saturated heterocycles. The van der Waals surface area contributed by atoms with E-state index in [9.17, 15) is 9.18 Å². The zero-order chi connectivity index (χ0) is 21.9. The molecule has 0 radical (unpaired) electrons. The quantitative estimate of drug-likeness (QED) is 0.260. The van der Waals surface area contributed by atoms with Crippen LogP contribution in [0.5, 0.6) is 0 Å². The van der Waals surface area contributed by atoms with Gasteiger partial charge in [-0.05, 0) is 48.9 Å². The predicted octanol–water partition coefficient (Wildman–Crippen LogP) is 8.05. The van der Waals surface area contributed by atoms with Crippen molar-refractivity contribution in [1.29, 1.82) is 0 Å². The molecule has 0 saturated carbocycles. The first kappa shape index (κ1) is 24.1. The second-order valence-electron chi connectivity index (χ2n) is 8.34. The average Bonchev–Trinajstić information content (AvgIpc) is 2.75. The lowest BCUT2D eigenvalue weighted by Crippen LogP contribution is -2.16. The van der Waals surface area contributed by atoms with Gasteiger partial charge in [-0.1, -0.05) is 89.3 Å². The van der Waals surface area contributed by atoms with Gasteiger partial charge in [0.1, 0.15) is 11.9 Å². The van der Waals surface area contributed by atoms with Crippen molar-refractivity contribution in [3.05, 3.63) is 59.4 Å². The van der Waals surface area contributed by atoms with Crippen LogP contribution in [-0.2, 0) is 16.0 Å². The standard InChI is InChI=1S/C27H37FO2/c1-5-7-8-9-10-11-12-22-13-15-23(16-14-22)24-17-18-25(26(28)19-24)21(4)30-27(29)20(3)6-2/h13-21H,5-12H2,1-4H3. The van der Waals surface area contributed by atoms with E-state index in [0.717, 1.165) is 17.5 Å². The van der Waals surface area contributed by atoms with Crippen LogP contribution in [0.4, 0.5) is 4.39 Å². The lowest BCUT2D eigenvalue weighted by Gasteiger charge is -2.17. The van der Waals surface area contributed by atoms with Crippen LogP contribution in [0, 0.1) is 11.7 Å². The molecular weight excluding hydrogens is 375 g/mol. The first-order valence-corrected chi connectivity index (χ1v) is 11.6. The van der Waals surface area contributed by atoms with Gasteiger partial charge in [-0.15, -0.1) is 0 Å². The first-order valence-electron chi connectivity index (χ1n) is 11.6. The summed E-state index contributed by atoms with van der Waals surface area (Å²) in [5.41, 5.74) is 3.58. The van der Waals surface area contributed by atoms with Crippen molar-refractivity contribution in [3.63, 3.8) is 0 Å². The molecule has 2 aromatic carbocycles. The smallest absolute Gasteiger partial charge is 0.309 e. The summed E-state index contributed by atoms with van der Waals surface area (Å²) in [7, 11) is 0. The van der Waals surface area contributed by atoms with Crippen molar-refractivity contribution in [3.8, 4) is 11.1 Å². The second-order valence-corrected chi connectivity index (χ2v) is 8.34. The number of esters is 1. The highest BCUT2D eigenvalue weighted by Gasteiger charge is 2.19. The van der Waals surface area contributed by atoms with Crippen LogP contribution < -0.4 is 0 Å². The molecule has 0 aliphatic carbocycles. The molecule has 164 valence electrons.